The topological polar surface area (TPSA) is 40.5 Å². The van der Waals surface area contributed by atoms with Crippen molar-refractivity contribution in [3.63, 3.8) is 0 Å². The molecule has 0 aromatic rings. The Kier molecular flexibility index (Phi) is 4.64. The van der Waals surface area contributed by atoms with E-state index in [0.717, 1.165) is 0 Å². The fourth-order valence-electron chi connectivity index (χ4n) is 3.42. The lowest BCUT2D eigenvalue weighted by Crippen LogP contribution is -2.53. The molecule has 0 aromatic heterocycles. The Morgan fingerprint density at radius 3 is 1.05 bits per heavy atom. The van der Waals surface area contributed by atoms with Crippen LogP contribution in [0.25, 0.3) is 0 Å². The van der Waals surface area contributed by atoms with Gasteiger partial charge in [0, 0.05) is 11.8 Å². The van der Waals surface area contributed by atoms with Crippen molar-refractivity contribution in [2.24, 2.45) is 11.8 Å². The molecule has 2 fully saturated rings. The van der Waals surface area contributed by atoms with E-state index in [1.165, 1.54) is 0 Å². The molecule has 118 valence electrons. The lowest BCUT2D eigenvalue weighted by atomic mass is 9.74. The summed E-state index contributed by atoms with van der Waals surface area (Å²) in [5.41, 5.74) is 0. The largest absolute Gasteiger partial charge is 0.393 e. The minimum Gasteiger partial charge on any atom is -0.393 e. The van der Waals surface area contributed by atoms with E-state index in [2.05, 4.69) is 0 Å². The predicted octanol–water partition coefficient (Wildman–Crippen LogP) is 3.36. The SMILES string of the molecule is OC1CCC(C(F)(F)C(F)(F)C2CCC(O)CC2)CC1. The van der Waals surface area contributed by atoms with Gasteiger partial charge < -0.3 is 10.2 Å². The van der Waals surface area contributed by atoms with Gasteiger partial charge in [0.1, 0.15) is 0 Å². The number of aliphatic hydroxyl groups is 2. The number of hydrogen-bond donors (Lipinski definition) is 2. The second-order valence-corrected chi connectivity index (χ2v) is 6.26. The second-order valence-electron chi connectivity index (χ2n) is 6.26. The summed E-state index contributed by atoms with van der Waals surface area (Å²) in [4.78, 5) is 0. The number of hydrogen-bond acceptors (Lipinski definition) is 2. The van der Waals surface area contributed by atoms with Gasteiger partial charge in [-0.3, -0.25) is 0 Å². The normalized spacial score (nSPS) is 36.9. The summed E-state index contributed by atoms with van der Waals surface area (Å²) in [6, 6.07) is 0. The molecule has 0 heterocycles. The van der Waals surface area contributed by atoms with Crippen LogP contribution in [0.5, 0.6) is 0 Å². The van der Waals surface area contributed by atoms with Gasteiger partial charge in [0.05, 0.1) is 12.2 Å². The highest BCUT2D eigenvalue weighted by Gasteiger charge is 2.64. The van der Waals surface area contributed by atoms with E-state index in [4.69, 9.17) is 0 Å². The predicted molar refractivity (Wildman–Crippen MR) is 65.8 cm³/mol. The Morgan fingerprint density at radius 1 is 0.550 bits per heavy atom. The highest BCUT2D eigenvalue weighted by atomic mass is 19.3. The van der Waals surface area contributed by atoms with Crippen LogP contribution >= 0.6 is 0 Å². The van der Waals surface area contributed by atoms with E-state index in [1.807, 2.05) is 0 Å². The zero-order chi connectivity index (χ0) is 15.0. The van der Waals surface area contributed by atoms with Gasteiger partial charge in [-0.1, -0.05) is 0 Å². The second kappa shape index (κ2) is 5.79. The highest BCUT2D eigenvalue weighted by Crippen LogP contribution is 2.52. The van der Waals surface area contributed by atoms with Gasteiger partial charge in [0.15, 0.2) is 0 Å². The Labute approximate surface area is 116 Å². The third kappa shape index (κ3) is 2.96. The molecular weight excluding hydrogens is 276 g/mol. The first-order chi connectivity index (χ1) is 9.25. The zero-order valence-corrected chi connectivity index (χ0v) is 11.4. The number of alkyl halides is 4. The maximum absolute atomic E-state index is 14.2. The third-order valence-corrected chi connectivity index (χ3v) is 4.86. The molecule has 0 saturated heterocycles. The number of rotatable bonds is 3. The van der Waals surface area contributed by atoms with Gasteiger partial charge >= 0.3 is 11.8 Å². The minimum absolute atomic E-state index is 0.0564. The van der Waals surface area contributed by atoms with E-state index in [1.54, 1.807) is 0 Å². The van der Waals surface area contributed by atoms with Crippen LogP contribution in [-0.4, -0.2) is 34.3 Å². The van der Waals surface area contributed by atoms with Crippen LogP contribution in [-0.2, 0) is 0 Å². The van der Waals surface area contributed by atoms with Crippen molar-refractivity contribution in [3.05, 3.63) is 0 Å². The smallest absolute Gasteiger partial charge is 0.313 e. The van der Waals surface area contributed by atoms with Gasteiger partial charge in [-0.05, 0) is 51.4 Å². The molecule has 2 rings (SSSR count). The Bertz CT molecular complexity index is 287. The van der Waals surface area contributed by atoms with Crippen LogP contribution in [0.15, 0.2) is 0 Å². The summed E-state index contributed by atoms with van der Waals surface area (Å²) in [6.07, 6.45) is -0.837. The molecule has 2 saturated carbocycles. The summed E-state index contributed by atoms with van der Waals surface area (Å²) in [6.45, 7) is 0. The van der Waals surface area contributed by atoms with Crippen molar-refractivity contribution >= 4 is 0 Å². The molecule has 0 bridgehead atoms. The molecule has 2 aliphatic rings. The molecular formula is C14H22F4O2. The first-order valence-electron chi connectivity index (χ1n) is 7.37. The highest BCUT2D eigenvalue weighted by molar-refractivity contribution is 4.97. The van der Waals surface area contributed by atoms with E-state index >= 15 is 0 Å². The molecule has 2 N–H and O–H groups in total. The van der Waals surface area contributed by atoms with Gasteiger partial charge in [-0.2, -0.15) is 17.6 Å². The molecule has 2 nitrogen and oxygen atoms in total. The van der Waals surface area contributed by atoms with Gasteiger partial charge in [-0.15, -0.1) is 0 Å². The summed E-state index contributed by atoms with van der Waals surface area (Å²) in [7, 11) is 0. The fraction of sp³-hybridized carbons (Fsp3) is 1.00. The van der Waals surface area contributed by atoms with E-state index in [0.29, 0.717) is 0 Å². The Morgan fingerprint density at radius 2 is 0.800 bits per heavy atom. The molecule has 0 unspecified atom stereocenters. The van der Waals surface area contributed by atoms with Crippen LogP contribution in [0, 0.1) is 11.8 Å². The molecule has 0 atom stereocenters. The first-order valence-corrected chi connectivity index (χ1v) is 7.37. The van der Waals surface area contributed by atoms with Crippen LogP contribution in [0.3, 0.4) is 0 Å². The molecule has 0 spiro atoms. The minimum atomic E-state index is -4.03. The van der Waals surface area contributed by atoms with Crippen molar-refractivity contribution in [2.45, 2.75) is 75.4 Å². The quantitative estimate of drug-likeness (QED) is 0.784. The molecule has 6 heteroatoms. The molecule has 0 aliphatic heterocycles. The maximum atomic E-state index is 14.2. The van der Waals surface area contributed by atoms with Crippen molar-refractivity contribution in [1.29, 1.82) is 0 Å². The molecule has 0 radical (unpaired) electrons. The van der Waals surface area contributed by atoms with Crippen LogP contribution in [0.2, 0.25) is 0 Å². The van der Waals surface area contributed by atoms with Gasteiger partial charge in [0.2, 0.25) is 0 Å². The number of halogens is 4. The van der Waals surface area contributed by atoms with Crippen molar-refractivity contribution in [3.8, 4) is 0 Å². The number of aliphatic hydroxyl groups excluding tert-OH is 2. The lowest BCUT2D eigenvalue weighted by Gasteiger charge is -2.41. The van der Waals surface area contributed by atoms with Gasteiger partial charge in [-0.25, -0.2) is 0 Å². The Hall–Kier alpha value is -0.360. The van der Waals surface area contributed by atoms with E-state index in [9.17, 15) is 27.8 Å². The van der Waals surface area contributed by atoms with E-state index < -0.39 is 35.9 Å². The average molecular weight is 298 g/mol. The van der Waals surface area contributed by atoms with E-state index in [-0.39, 0.29) is 51.4 Å². The molecule has 0 amide bonds. The van der Waals surface area contributed by atoms with Gasteiger partial charge in [0.25, 0.3) is 0 Å². The standard InChI is InChI=1S/C14H22F4O2/c15-13(16,9-1-5-11(19)6-2-9)14(17,18)10-3-7-12(20)8-4-10/h9-12,19-20H,1-8H2. The molecule has 2 aliphatic carbocycles. The summed E-state index contributed by atoms with van der Waals surface area (Å²) >= 11 is 0. The summed E-state index contributed by atoms with van der Waals surface area (Å²) in [5.74, 6) is -10.8. The summed E-state index contributed by atoms with van der Waals surface area (Å²) in [5, 5.41) is 18.6. The average Bonchev–Trinajstić information content (AvgIpc) is 2.39. The van der Waals surface area contributed by atoms with Crippen LogP contribution in [0.4, 0.5) is 17.6 Å². The van der Waals surface area contributed by atoms with Crippen molar-refractivity contribution in [1.82, 2.24) is 0 Å². The van der Waals surface area contributed by atoms with Crippen LogP contribution in [0.1, 0.15) is 51.4 Å². The molecule has 20 heavy (non-hydrogen) atoms. The van der Waals surface area contributed by atoms with Crippen LogP contribution < -0.4 is 0 Å². The third-order valence-electron chi connectivity index (χ3n) is 4.86. The summed E-state index contributed by atoms with van der Waals surface area (Å²) < 4.78 is 56.8. The molecule has 0 aromatic carbocycles. The monoisotopic (exact) mass is 298 g/mol. The lowest BCUT2D eigenvalue weighted by molar-refractivity contribution is -0.271. The van der Waals surface area contributed by atoms with Crippen molar-refractivity contribution < 1.29 is 27.8 Å². The Balaban J connectivity index is 2.06. The first kappa shape index (κ1) is 16.0. The zero-order valence-electron chi connectivity index (χ0n) is 11.4. The maximum Gasteiger partial charge on any atom is 0.313 e. The fourth-order valence-corrected chi connectivity index (χ4v) is 3.42. The van der Waals surface area contributed by atoms with Crippen molar-refractivity contribution in [2.75, 3.05) is 0 Å².